The number of rotatable bonds is 3. The Labute approximate surface area is 112 Å². The van der Waals surface area contributed by atoms with E-state index in [9.17, 15) is 4.79 Å². The van der Waals surface area contributed by atoms with Crippen molar-refractivity contribution in [1.29, 1.82) is 0 Å². The molecule has 0 atom stereocenters. The zero-order valence-corrected chi connectivity index (χ0v) is 11.2. The summed E-state index contributed by atoms with van der Waals surface area (Å²) in [6.45, 7) is 4.09. The molecule has 0 saturated heterocycles. The average Bonchev–Trinajstić information content (AvgIpc) is 2.34. The molecule has 0 N–H and O–H groups in total. The Balaban J connectivity index is 2.22. The fraction of sp³-hybridized carbons (Fsp3) is 0.200. The number of ketones is 1. The second-order valence-corrected chi connectivity index (χ2v) is 4.76. The second-order valence-electron chi connectivity index (χ2n) is 4.35. The number of nitrogens with zero attached hydrogens (tertiary/aromatic N) is 1. The SMILES string of the molecule is Cc1ccc(CC(=O)c2ncccc2Cl)cc1C. The lowest BCUT2D eigenvalue weighted by Crippen LogP contribution is -2.06. The number of Topliss-reactive ketones (excluding diaryl/α,β-unsaturated/α-hetero) is 1. The summed E-state index contributed by atoms with van der Waals surface area (Å²) < 4.78 is 0. The molecule has 1 heterocycles. The van der Waals surface area contributed by atoms with Crippen LogP contribution in [0.5, 0.6) is 0 Å². The smallest absolute Gasteiger partial charge is 0.187 e. The molecule has 1 aromatic carbocycles. The van der Waals surface area contributed by atoms with Gasteiger partial charge in [0.15, 0.2) is 5.78 Å². The molecule has 0 unspecified atom stereocenters. The summed E-state index contributed by atoms with van der Waals surface area (Å²) in [5.74, 6) is -0.0520. The van der Waals surface area contributed by atoms with Crippen LogP contribution in [0.3, 0.4) is 0 Å². The van der Waals surface area contributed by atoms with Gasteiger partial charge in [-0.3, -0.25) is 9.78 Å². The molecule has 3 heteroatoms. The fourth-order valence-electron chi connectivity index (χ4n) is 1.77. The molecule has 0 fully saturated rings. The number of hydrogen-bond acceptors (Lipinski definition) is 2. The van der Waals surface area contributed by atoms with Crippen LogP contribution in [-0.4, -0.2) is 10.8 Å². The van der Waals surface area contributed by atoms with Crippen LogP contribution in [0.25, 0.3) is 0 Å². The van der Waals surface area contributed by atoms with Crippen LogP contribution in [0.4, 0.5) is 0 Å². The van der Waals surface area contributed by atoms with Gasteiger partial charge < -0.3 is 0 Å². The van der Waals surface area contributed by atoms with Gasteiger partial charge in [-0.2, -0.15) is 0 Å². The third-order valence-electron chi connectivity index (χ3n) is 2.96. The van der Waals surface area contributed by atoms with E-state index in [4.69, 9.17) is 11.6 Å². The highest BCUT2D eigenvalue weighted by Gasteiger charge is 2.12. The Morgan fingerprint density at radius 3 is 2.67 bits per heavy atom. The molecule has 0 radical (unpaired) electrons. The van der Waals surface area contributed by atoms with Crippen molar-refractivity contribution >= 4 is 17.4 Å². The molecule has 92 valence electrons. The zero-order chi connectivity index (χ0) is 13.1. The number of halogens is 1. The summed E-state index contributed by atoms with van der Waals surface area (Å²) in [4.78, 5) is 16.1. The highest BCUT2D eigenvalue weighted by atomic mass is 35.5. The van der Waals surface area contributed by atoms with E-state index in [0.717, 1.165) is 5.56 Å². The number of benzene rings is 1. The molecule has 2 aromatic rings. The fourth-order valence-corrected chi connectivity index (χ4v) is 2.00. The highest BCUT2D eigenvalue weighted by molar-refractivity contribution is 6.33. The van der Waals surface area contributed by atoms with E-state index in [2.05, 4.69) is 11.9 Å². The Morgan fingerprint density at radius 1 is 1.22 bits per heavy atom. The summed E-state index contributed by atoms with van der Waals surface area (Å²) >= 11 is 5.96. The van der Waals surface area contributed by atoms with Crippen LogP contribution in [0.15, 0.2) is 36.5 Å². The maximum atomic E-state index is 12.1. The lowest BCUT2D eigenvalue weighted by Gasteiger charge is -2.05. The lowest BCUT2D eigenvalue weighted by atomic mass is 10.0. The number of hydrogen-bond donors (Lipinski definition) is 0. The van der Waals surface area contributed by atoms with Gasteiger partial charge >= 0.3 is 0 Å². The molecule has 0 aliphatic carbocycles. The first-order chi connectivity index (χ1) is 8.58. The first-order valence-electron chi connectivity index (χ1n) is 5.78. The minimum atomic E-state index is -0.0520. The van der Waals surface area contributed by atoms with Crippen LogP contribution in [0.1, 0.15) is 27.2 Å². The van der Waals surface area contributed by atoms with Gasteiger partial charge in [0.2, 0.25) is 0 Å². The van der Waals surface area contributed by atoms with E-state index in [1.807, 2.05) is 25.1 Å². The Kier molecular flexibility index (Phi) is 3.78. The minimum Gasteiger partial charge on any atom is -0.292 e. The predicted octanol–water partition coefficient (Wildman–Crippen LogP) is 3.78. The van der Waals surface area contributed by atoms with E-state index < -0.39 is 0 Å². The van der Waals surface area contributed by atoms with Gasteiger partial charge in [-0.15, -0.1) is 0 Å². The topological polar surface area (TPSA) is 30.0 Å². The molecule has 0 aliphatic rings. The minimum absolute atomic E-state index is 0.0520. The number of aryl methyl sites for hydroxylation is 2. The van der Waals surface area contributed by atoms with E-state index in [1.165, 1.54) is 11.1 Å². The molecule has 18 heavy (non-hydrogen) atoms. The average molecular weight is 260 g/mol. The number of carbonyl (C=O) groups excluding carboxylic acids is 1. The van der Waals surface area contributed by atoms with E-state index >= 15 is 0 Å². The van der Waals surface area contributed by atoms with Crippen molar-refractivity contribution in [2.24, 2.45) is 0 Å². The van der Waals surface area contributed by atoms with Gasteiger partial charge in [-0.25, -0.2) is 0 Å². The maximum Gasteiger partial charge on any atom is 0.187 e. The quantitative estimate of drug-likeness (QED) is 0.786. The molecule has 1 aromatic heterocycles. The van der Waals surface area contributed by atoms with Crippen molar-refractivity contribution in [3.8, 4) is 0 Å². The van der Waals surface area contributed by atoms with Crippen molar-refractivity contribution < 1.29 is 4.79 Å². The van der Waals surface area contributed by atoms with Crippen molar-refractivity contribution in [3.05, 3.63) is 63.9 Å². The molecule has 0 bridgehead atoms. The maximum absolute atomic E-state index is 12.1. The molecule has 2 nitrogen and oxygen atoms in total. The predicted molar refractivity (Wildman–Crippen MR) is 73.2 cm³/mol. The van der Waals surface area contributed by atoms with Gasteiger partial charge in [-0.1, -0.05) is 29.8 Å². The molecule has 2 rings (SSSR count). The zero-order valence-electron chi connectivity index (χ0n) is 10.4. The molecule has 0 amide bonds. The van der Waals surface area contributed by atoms with Crippen LogP contribution in [0.2, 0.25) is 5.02 Å². The molecule has 0 aliphatic heterocycles. The second kappa shape index (κ2) is 5.32. The van der Waals surface area contributed by atoms with E-state index in [1.54, 1.807) is 18.3 Å². The molecule has 0 spiro atoms. The summed E-state index contributed by atoms with van der Waals surface area (Å²) in [7, 11) is 0. The van der Waals surface area contributed by atoms with Crippen LogP contribution < -0.4 is 0 Å². The summed E-state index contributed by atoms with van der Waals surface area (Å²) in [6, 6.07) is 9.43. The third-order valence-corrected chi connectivity index (χ3v) is 3.26. The van der Waals surface area contributed by atoms with Gasteiger partial charge in [0.1, 0.15) is 5.69 Å². The largest absolute Gasteiger partial charge is 0.292 e. The third kappa shape index (κ3) is 2.77. The van der Waals surface area contributed by atoms with Gasteiger partial charge in [0.25, 0.3) is 0 Å². The van der Waals surface area contributed by atoms with Crippen LogP contribution in [-0.2, 0) is 6.42 Å². The highest BCUT2D eigenvalue weighted by Crippen LogP contribution is 2.16. The van der Waals surface area contributed by atoms with Gasteiger partial charge in [0.05, 0.1) is 5.02 Å². The van der Waals surface area contributed by atoms with Gasteiger partial charge in [-0.05, 0) is 42.7 Å². The van der Waals surface area contributed by atoms with Crippen molar-refractivity contribution in [1.82, 2.24) is 4.98 Å². The number of carbonyl (C=O) groups is 1. The summed E-state index contributed by atoms with van der Waals surface area (Å²) in [6.07, 6.45) is 1.91. The summed E-state index contributed by atoms with van der Waals surface area (Å²) in [5, 5.41) is 0.409. The first-order valence-corrected chi connectivity index (χ1v) is 6.15. The van der Waals surface area contributed by atoms with E-state index in [-0.39, 0.29) is 5.78 Å². The van der Waals surface area contributed by atoms with Crippen LogP contribution in [0, 0.1) is 13.8 Å². The monoisotopic (exact) mass is 259 g/mol. The molecular formula is C15H14ClNO. The molecular weight excluding hydrogens is 246 g/mol. The van der Waals surface area contributed by atoms with Crippen molar-refractivity contribution in [3.63, 3.8) is 0 Å². The van der Waals surface area contributed by atoms with E-state index in [0.29, 0.717) is 17.1 Å². The van der Waals surface area contributed by atoms with Crippen LogP contribution >= 0.6 is 11.6 Å². The Hall–Kier alpha value is -1.67. The van der Waals surface area contributed by atoms with Gasteiger partial charge in [0, 0.05) is 12.6 Å². The van der Waals surface area contributed by atoms with Crippen molar-refractivity contribution in [2.75, 3.05) is 0 Å². The normalized spacial score (nSPS) is 10.4. The molecule has 0 saturated carbocycles. The number of aromatic nitrogens is 1. The number of pyridine rings is 1. The first kappa shape index (κ1) is 12.8. The lowest BCUT2D eigenvalue weighted by molar-refractivity contribution is 0.0988. The standard InChI is InChI=1S/C15H14ClNO/c1-10-5-6-12(8-11(10)2)9-14(18)15-13(16)4-3-7-17-15/h3-8H,9H2,1-2H3. The van der Waals surface area contributed by atoms with Crippen molar-refractivity contribution in [2.45, 2.75) is 20.3 Å². The Morgan fingerprint density at radius 2 is 2.00 bits per heavy atom. The Bertz CT molecular complexity index is 593. The summed E-state index contributed by atoms with van der Waals surface area (Å²) in [5.41, 5.74) is 3.75.